The minimum Gasteiger partial charge on any atom is -0.383 e. The molecule has 2 rings (SSSR count). The Balaban J connectivity index is 1.76. The number of rotatable bonds is 6. The topological polar surface area (TPSA) is 42.0 Å². The van der Waals surface area contributed by atoms with Crippen molar-refractivity contribution in [3.63, 3.8) is 0 Å². The first-order valence-corrected chi connectivity index (χ1v) is 7.08. The molecule has 1 amide bonds. The third-order valence-corrected chi connectivity index (χ3v) is 4.13. The van der Waals surface area contributed by atoms with Crippen molar-refractivity contribution < 1.29 is 14.3 Å². The molecule has 0 aromatic carbocycles. The largest absolute Gasteiger partial charge is 0.383 e. The first-order chi connectivity index (χ1) is 9.04. The van der Waals surface area contributed by atoms with E-state index in [0.29, 0.717) is 0 Å². The molecular weight excluding hydrogens is 244 g/mol. The van der Waals surface area contributed by atoms with Crippen molar-refractivity contribution in [2.45, 2.75) is 13.3 Å². The fourth-order valence-corrected chi connectivity index (χ4v) is 2.96. The fourth-order valence-electron chi connectivity index (χ4n) is 2.96. The van der Waals surface area contributed by atoms with E-state index in [1.807, 2.05) is 11.9 Å². The summed E-state index contributed by atoms with van der Waals surface area (Å²) < 4.78 is 10.3. The van der Waals surface area contributed by atoms with E-state index in [1.54, 1.807) is 7.11 Å². The van der Waals surface area contributed by atoms with Crippen LogP contribution in [0, 0.1) is 11.3 Å². The van der Waals surface area contributed by atoms with Crippen LogP contribution in [0.1, 0.15) is 13.3 Å². The van der Waals surface area contributed by atoms with Gasteiger partial charge in [0.05, 0.1) is 25.7 Å². The second-order valence-corrected chi connectivity index (χ2v) is 6.28. The Morgan fingerprint density at radius 3 is 2.84 bits per heavy atom. The molecule has 0 saturated carbocycles. The monoisotopic (exact) mass is 270 g/mol. The number of amides is 1. The zero-order chi connectivity index (χ0) is 13.9. The molecule has 0 aromatic heterocycles. The second kappa shape index (κ2) is 6.20. The molecule has 0 radical (unpaired) electrons. The van der Waals surface area contributed by atoms with Gasteiger partial charge in [0.1, 0.15) is 0 Å². The lowest BCUT2D eigenvalue weighted by atomic mass is 9.88. The number of carbonyl (C=O) groups excluding carboxylic acids is 1. The summed E-state index contributed by atoms with van der Waals surface area (Å²) in [6.07, 6.45) is 0.972. The molecule has 19 heavy (non-hydrogen) atoms. The Morgan fingerprint density at radius 1 is 1.53 bits per heavy atom. The van der Waals surface area contributed by atoms with Crippen molar-refractivity contribution in [1.82, 2.24) is 9.80 Å². The zero-order valence-electron chi connectivity index (χ0n) is 12.4. The van der Waals surface area contributed by atoms with Crippen LogP contribution in [0.25, 0.3) is 0 Å². The van der Waals surface area contributed by atoms with Gasteiger partial charge in [-0.2, -0.15) is 0 Å². The van der Waals surface area contributed by atoms with E-state index in [0.717, 1.165) is 52.4 Å². The molecule has 110 valence electrons. The summed E-state index contributed by atoms with van der Waals surface area (Å²) in [5.74, 6) is 0.444. The van der Waals surface area contributed by atoms with E-state index in [-0.39, 0.29) is 17.2 Å². The first kappa shape index (κ1) is 14.8. The molecule has 5 heteroatoms. The van der Waals surface area contributed by atoms with Crippen molar-refractivity contribution in [2.75, 3.05) is 60.2 Å². The summed E-state index contributed by atoms with van der Waals surface area (Å²) in [5, 5.41) is 0. The smallest absolute Gasteiger partial charge is 0.226 e. The molecule has 2 saturated heterocycles. The van der Waals surface area contributed by atoms with E-state index in [2.05, 4.69) is 11.8 Å². The third kappa shape index (κ3) is 3.68. The highest BCUT2D eigenvalue weighted by Gasteiger charge is 2.37. The van der Waals surface area contributed by atoms with Gasteiger partial charge in [-0.3, -0.25) is 4.79 Å². The normalized spacial score (nSPS) is 26.2. The summed E-state index contributed by atoms with van der Waals surface area (Å²) in [6.45, 7) is 8.08. The molecule has 5 nitrogen and oxygen atoms in total. The Morgan fingerprint density at radius 2 is 2.26 bits per heavy atom. The molecule has 2 aliphatic rings. The second-order valence-electron chi connectivity index (χ2n) is 6.28. The van der Waals surface area contributed by atoms with Crippen LogP contribution in [0.3, 0.4) is 0 Å². The van der Waals surface area contributed by atoms with Gasteiger partial charge in [-0.25, -0.2) is 0 Å². The van der Waals surface area contributed by atoms with Crippen LogP contribution in [0.2, 0.25) is 0 Å². The fraction of sp³-hybridized carbons (Fsp3) is 0.929. The number of hydrogen-bond acceptors (Lipinski definition) is 4. The Labute approximate surface area is 115 Å². The molecule has 0 bridgehead atoms. The third-order valence-electron chi connectivity index (χ3n) is 4.13. The standard InChI is InChI=1S/C14H26N2O3/c1-14(10-19-11-14)9-15(2)13(17)12-4-5-16(8-12)6-7-18-3/h12H,4-11H2,1-3H3/t12-/m1/s1. The Bertz CT molecular complexity index is 318. The van der Waals surface area contributed by atoms with Gasteiger partial charge in [0.25, 0.3) is 0 Å². The number of hydrogen-bond donors (Lipinski definition) is 0. The molecular formula is C14H26N2O3. The van der Waals surface area contributed by atoms with Crippen LogP contribution in [0.15, 0.2) is 0 Å². The van der Waals surface area contributed by atoms with Crippen LogP contribution in [0.4, 0.5) is 0 Å². The number of carbonyl (C=O) groups is 1. The minimum absolute atomic E-state index is 0.159. The lowest BCUT2D eigenvalue weighted by Gasteiger charge is -2.41. The lowest BCUT2D eigenvalue weighted by Crippen LogP contribution is -2.50. The lowest BCUT2D eigenvalue weighted by molar-refractivity contribution is -0.145. The van der Waals surface area contributed by atoms with E-state index < -0.39 is 0 Å². The Hall–Kier alpha value is -0.650. The van der Waals surface area contributed by atoms with Gasteiger partial charge in [0.2, 0.25) is 5.91 Å². The average Bonchev–Trinajstić information content (AvgIpc) is 2.82. The van der Waals surface area contributed by atoms with Crippen molar-refractivity contribution in [3.8, 4) is 0 Å². The molecule has 2 aliphatic heterocycles. The predicted octanol–water partition coefficient (Wildman–Crippen LogP) is 0.450. The zero-order valence-corrected chi connectivity index (χ0v) is 12.4. The highest BCUT2D eigenvalue weighted by atomic mass is 16.5. The van der Waals surface area contributed by atoms with Crippen LogP contribution >= 0.6 is 0 Å². The summed E-state index contributed by atoms with van der Waals surface area (Å²) in [5.41, 5.74) is 0.165. The maximum Gasteiger partial charge on any atom is 0.226 e. The van der Waals surface area contributed by atoms with Crippen molar-refractivity contribution in [2.24, 2.45) is 11.3 Å². The van der Waals surface area contributed by atoms with Gasteiger partial charge in [-0.15, -0.1) is 0 Å². The number of nitrogens with zero attached hydrogens (tertiary/aromatic N) is 2. The molecule has 2 fully saturated rings. The van der Waals surface area contributed by atoms with Crippen LogP contribution in [-0.4, -0.2) is 75.9 Å². The Kier molecular flexibility index (Phi) is 4.81. The van der Waals surface area contributed by atoms with Crippen LogP contribution in [0.5, 0.6) is 0 Å². The quantitative estimate of drug-likeness (QED) is 0.703. The number of likely N-dealkylation sites (tertiary alicyclic amines) is 1. The average molecular weight is 270 g/mol. The molecule has 0 aliphatic carbocycles. The molecule has 0 spiro atoms. The summed E-state index contributed by atoms with van der Waals surface area (Å²) in [6, 6.07) is 0. The summed E-state index contributed by atoms with van der Waals surface area (Å²) >= 11 is 0. The van der Waals surface area contributed by atoms with Gasteiger partial charge in [-0.1, -0.05) is 6.92 Å². The van der Waals surface area contributed by atoms with Crippen molar-refractivity contribution in [1.29, 1.82) is 0 Å². The molecule has 0 N–H and O–H groups in total. The van der Waals surface area contributed by atoms with Gasteiger partial charge < -0.3 is 19.3 Å². The first-order valence-electron chi connectivity index (χ1n) is 7.08. The predicted molar refractivity (Wildman–Crippen MR) is 73.0 cm³/mol. The van der Waals surface area contributed by atoms with Crippen LogP contribution < -0.4 is 0 Å². The van der Waals surface area contributed by atoms with E-state index >= 15 is 0 Å². The highest BCUT2D eigenvalue weighted by molar-refractivity contribution is 5.79. The maximum atomic E-state index is 12.4. The molecule has 2 heterocycles. The van der Waals surface area contributed by atoms with E-state index in [4.69, 9.17) is 9.47 Å². The van der Waals surface area contributed by atoms with Gasteiger partial charge in [-0.05, 0) is 13.0 Å². The van der Waals surface area contributed by atoms with Crippen LogP contribution in [-0.2, 0) is 14.3 Å². The number of methoxy groups -OCH3 is 1. The maximum absolute atomic E-state index is 12.4. The minimum atomic E-state index is 0.159. The van der Waals surface area contributed by atoms with E-state index in [9.17, 15) is 4.79 Å². The highest BCUT2D eigenvalue weighted by Crippen LogP contribution is 2.28. The van der Waals surface area contributed by atoms with Gasteiger partial charge in [0.15, 0.2) is 0 Å². The molecule has 0 unspecified atom stereocenters. The summed E-state index contributed by atoms with van der Waals surface area (Å²) in [7, 11) is 3.64. The molecule has 0 aromatic rings. The van der Waals surface area contributed by atoms with Crippen molar-refractivity contribution >= 4 is 5.91 Å². The van der Waals surface area contributed by atoms with E-state index in [1.165, 1.54) is 0 Å². The number of ether oxygens (including phenoxy) is 2. The molecule has 1 atom stereocenters. The summed E-state index contributed by atoms with van der Waals surface area (Å²) in [4.78, 5) is 16.6. The SMILES string of the molecule is COCCN1CC[C@@H](C(=O)N(C)CC2(C)COC2)C1. The van der Waals surface area contributed by atoms with Gasteiger partial charge in [0, 0.05) is 39.2 Å². The van der Waals surface area contributed by atoms with Crippen molar-refractivity contribution in [3.05, 3.63) is 0 Å². The van der Waals surface area contributed by atoms with Gasteiger partial charge >= 0.3 is 0 Å².